The Balaban J connectivity index is 0.00000242. The van der Waals surface area contributed by atoms with Gasteiger partial charge >= 0.3 is 0 Å². The summed E-state index contributed by atoms with van der Waals surface area (Å²) in [4.78, 5) is 28.2. The Morgan fingerprint density at radius 2 is 1.68 bits per heavy atom. The highest BCUT2D eigenvalue weighted by Crippen LogP contribution is 2.23. The Morgan fingerprint density at radius 3 is 2.23 bits per heavy atom. The highest BCUT2D eigenvalue weighted by molar-refractivity contribution is 5.85. The molecule has 0 radical (unpaired) electrons. The topological polar surface area (TPSA) is 66.6 Å². The lowest BCUT2D eigenvalue weighted by Crippen LogP contribution is -2.47. The highest BCUT2D eigenvalue weighted by Gasteiger charge is 2.28. The van der Waals surface area contributed by atoms with Crippen molar-refractivity contribution in [2.45, 2.75) is 57.9 Å². The summed E-state index contributed by atoms with van der Waals surface area (Å²) in [6.07, 6.45) is 6.51. The minimum Gasteiger partial charge on any atom is -0.343 e. The van der Waals surface area contributed by atoms with Crippen molar-refractivity contribution < 1.29 is 9.59 Å². The van der Waals surface area contributed by atoms with E-state index in [1.807, 2.05) is 16.7 Å². The molecular formula is C16H30ClN3O2. The van der Waals surface area contributed by atoms with Crippen LogP contribution in [0.5, 0.6) is 0 Å². The molecule has 2 rings (SSSR count). The molecule has 0 aromatic rings. The highest BCUT2D eigenvalue weighted by atomic mass is 35.5. The van der Waals surface area contributed by atoms with E-state index < -0.39 is 0 Å². The zero-order valence-electron chi connectivity index (χ0n) is 13.6. The van der Waals surface area contributed by atoms with E-state index in [1.165, 1.54) is 0 Å². The second kappa shape index (κ2) is 9.36. The molecule has 2 saturated heterocycles. The van der Waals surface area contributed by atoms with Crippen LogP contribution in [0.4, 0.5) is 0 Å². The number of rotatable bonds is 5. The van der Waals surface area contributed by atoms with Gasteiger partial charge in [0, 0.05) is 32.6 Å². The van der Waals surface area contributed by atoms with Crippen molar-refractivity contribution in [3.8, 4) is 0 Å². The van der Waals surface area contributed by atoms with Gasteiger partial charge < -0.3 is 15.5 Å². The van der Waals surface area contributed by atoms with E-state index in [-0.39, 0.29) is 24.4 Å². The molecule has 128 valence electrons. The van der Waals surface area contributed by atoms with Crippen LogP contribution >= 0.6 is 12.4 Å². The van der Waals surface area contributed by atoms with Crippen LogP contribution in [0.25, 0.3) is 0 Å². The molecule has 1 unspecified atom stereocenters. The van der Waals surface area contributed by atoms with Crippen LogP contribution in [0.2, 0.25) is 0 Å². The van der Waals surface area contributed by atoms with Crippen molar-refractivity contribution in [3.63, 3.8) is 0 Å². The first-order valence-electron chi connectivity index (χ1n) is 8.44. The van der Waals surface area contributed by atoms with Crippen molar-refractivity contribution in [2.24, 2.45) is 11.7 Å². The van der Waals surface area contributed by atoms with Crippen LogP contribution in [-0.4, -0.2) is 53.8 Å². The molecule has 1 atom stereocenters. The number of nitrogens with two attached hydrogens (primary N) is 1. The van der Waals surface area contributed by atoms with Gasteiger partial charge in [-0.05, 0) is 38.0 Å². The van der Waals surface area contributed by atoms with Gasteiger partial charge in [-0.25, -0.2) is 0 Å². The van der Waals surface area contributed by atoms with Crippen LogP contribution in [0.15, 0.2) is 0 Å². The predicted molar refractivity (Wildman–Crippen MR) is 89.9 cm³/mol. The van der Waals surface area contributed by atoms with E-state index in [9.17, 15) is 9.59 Å². The Labute approximate surface area is 140 Å². The van der Waals surface area contributed by atoms with E-state index in [1.54, 1.807) is 0 Å². The van der Waals surface area contributed by atoms with E-state index in [0.29, 0.717) is 18.2 Å². The Hall–Kier alpha value is -0.810. The molecule has 6 heteroatoms. The van der Waals surface area contributed by atoms with Crippen molar-refractivity contribution in [1.82, 2.24) is 9.80 Å². The van der Waals surface area contributed by atoms with Gasteiger partial charge in [0.05, 0.1) is 6.04 Å². The molecule has 22 heavy (non-hydrogen) atoms. The molecule has 2 amide bonds. The number of nitrogens with zero attached hydrogens (tertiary/aromatic N) is 2. The summed E-state index contributed by atoms with van der Waals surface area (Å²) in [6.45, 7) is 5.43. The SMILES string of the molecule is CCCC(N)C(=O)N1CCC(CC(=O)N2CCCC2)CC1.Cl. The van der Waals surface area contributed by atoms with Gasteiger partial charge in [-0.3, -0.25) is 9.59 Å². The summed E-state index contributed by atoms with van der Waals surface area (Å²) in [5, 5.41) is 0. The standard InChI is InChI=1S/C16H29N3O2.ClH/c1-2-5-14(17)16(21)19-10-6-13(7-11-19)12-15(20)18-8-3-4-9-18;/h13-14H,2-12,17H2,1H3;1H. The fraction of sp³-hybridized carbons (Fsp3) is 0.875. The Morgan fingerprint density at radius 1 is 1.09 bits per heavy atom. The molecule has 0 aliphatic carbocycles. The summed E-state index contributed by atoms with van der Waals surface area (Å²) in [7, 11) is 0. The number of hydrogen-bond acceptors (Lipinski definition) is 3. The molecule has 0 saturated carbocycles. The van der Waals surface area contributed by atoms with Crippen LogP contribution in [0, 0.1) is 5.92 Å². The van der Waals surface area contributed by atoms with Crippen molar-refractivity contribution in [1.29, 1.82) is 0 Å². The third-order valence-corrected chi connectivity index (χ3v) is 4.77. The van der Waals surface area contributed by atoms with Crippen molar-refractivity contribution in [2.75, 3.05) is 26.2 Å². The van der Waals surface area contributed by atoms with E-state index in [4.69, 9.17) is 5.73 Å². The summed E-state index contributed by atoms with van der Waals surface area (Å²) in [5.74, 6) is 0.825. The first kappa shape index (κ1) is 19.2. The average Bonchev–Trinajstić information content (AvgIpc) is 3.02. The molecule has 2 aliphatic rings. The molecule has 2 N–H and O–H groups in total. The van der Waals surface area contributed by atoms with Gasteiger partial charge in [0.15, 0.2) is 0 Å². The molecule has 2 aliphatic heterocycles. The Bertz CT molecular complexity index is 364. The van der Waals surface area contributed by atoms with Crippen molar-refractivity contribution >= 4 is 24.2 Å². The number of carbonyl (C=O) groups is 2. The van der Waals surface area contributed by atoms with Crippen LogP contribution in [0.1, 0.15) is 51.9 Å². The fourth-order valence-electron chi connectivity index (χ4n) is 3.37. The first-order chi connectivity index (χ1) is 10.1. The van der Waals surface area contributed by atoms with Gasteiger partial charge in [-0.15, -0.1) is 12.4 Å². The minimum atomic E-state index is -0.349. The first-order valence-corrected chi connectivity index (χ1v) is 8.44. The Kier molecular flexibility index (Phi) is 8.18. The quantitative estimate of drug-likeness (QED) is 0.835. The van der Waals surface area contributed by atoms with E-state index in [0.717, 1.165) is 64.7 Å². The molecule has 2 heterocycles. The molecule has 0 bridgehead atoms. The zero-order chi connectivity index (χ0) is 15.2. The summed E-state index contributed by atoms with van der Waals surface area (Å²) in [6, 6.07) is -0.349. The molecule has 2 fully saturated rings. The van der Waals surface area contributed by atoms with Gasteiger partial charge in [-0.1, -0.05) is 13.3 Å². The summed E-state index contributed by atoms with van der Waals surface area (Å²) < 4.78 is 0. The monoisotopic (exact) mass is 331 g/mol. The van der Waals surface area contributed by atoms with Crippen molar-refractivity contribution in [3.05, 3.63) is 0 Å². The average molecular weight is 332 g/mol. The third-order valence-electron chi connectivity index (χ3n) is 4.77. The van der Waals surface area contributed by atoms with Gasteiger partial charge in [0.1, 0.15) is 0 Å². The maximum atomic E-state index is 12.2. The number of carbonyl (C=O) groups excluding carboxylic acids is 2. The number of likely N-dealkylation sites (tertiary alicyclic amines) is 2. The second-order valence-corrected chi connectivity index (χ2v) is 6.46. The second-order valence-electron chi connectivity index (χ2n) is 6.46. The normalized spacial score (nSPS) is 20.6. The number of hydrogen-bond donors (Lipinski definition) is 1. The molecule has 0 spiro atoms. The smallest absolute Gasteiger partial charge is 0.239 e. The molecule has 5 nitrogen and oxygen atoms in total. The summed E-state index contributed by atoms with van der Waals surface area (Å²) in [5.41, 5.74) is 5.90. The van der Waals surface area contributed by atoms with Crippen LogP contribution < -0.4 is 5.73 Å². The van der Waals surface area contributed by atoms with Crippen LogP contribution in [-0.2, 0) is 9.59 Å². The molecule has 0 aromatic heterocycles. The summed E-state index contributed by atoms with van der Waals surface area (Å²) >= 11 is 0. The van der Waals surface area contributed by atoms with Gasteiger partial charge in [-0.2, -0.15) is 0 Å². The van der Waals surface area contributed by atoms with Crippen LogP contribution in [0.3, 0.4) is 0 Å². The number of piperidine rings is 1. The van der Waals surface area contributed by atoms with Gasteiger partial charge in [0.2, 0.25) is 11.8 Å². The molecular weight excluding hydrogens is 302 g/mol. The van der Waals surface area contributed by atoms with E-state index in [2.05, 4.69) is 0 Å². The predicted octanol–water partition coefficient (Wildman–Crippen LogP) is 1.79. The fourth-order valence-corrected chi connectivity index (χ4v) is 3.37. The maximum absolute atomic E-state index is 12.2. The lowest BCUT2D eigenvalue weighted by Gasteiger charge is -2.33. The number of halogens is 1. The third kappa shape index (κ3) is 5.13. The van der Waals surface area contributed by atoms with Gasteiger partial charge in [0.25, 0.3) is 0 Å². The number of amides is 2. The lowest BCUT2D eigenvalue weighted by atomic mass is 9.92. The minimum absolute atomic E-state index is 0. The largest absolute Gasteiger partial charge is 0.343 e. The zero-order valence-corrected chi connectivity index (χ0v) is 14.4. The van der Waals surface area contributed by atoms with E-state index >= 15 is 0 Å². The molecule has 0 aromatic carbocycles. The lowest BCUT2D eigenvalue weighted by molar-refractivity contribution is -0.134. The maximum Gasteiger partial charge on any atom is 0.239 e.